The van der Waals surface area contributed by atoms with Crippen molar-refractivity contribution in [1.82, 2.24) is 14.2 Å². The molecule has 1 fully saturated rings. The summed E-state index contributed by atoms with van der Waals surface area (Å²) in [5.41, 5.74) is 2.02. The largest absolute Gasteiger partial charge is 0.491 e. The van der Waals surface area contributed by atoms with Crippen LogP contribution in [0.5, 0.6) is 5.75 Å². The summed E-state index contributed by atoms with van der Waals surface area (Å²) in [5, 5.41) is 1.70. The van der Waals surface area contributed by atoms with Gasteiger partial charge in [0.15, 0.2) is 0 Å². The van der Waals surface area contributed by atoms with Gasteiger partial charge in [0.2, 0.25) is 10.0 Å². The molecule has 0 unspecified atom stereocenters. The number of benzene rings is 1. The lowest BCUT2D eigenvalue weighted by atomic mass is 10.3. The first-order chi connectivity index (χ1) is 12.4. The summed E-state index contributed by atoms with van der Waals surface area (Å²) in [7, 11) is -3.58. The van der Waals surface area contributed by atoms with E-state index in [2.05, 4.69) is 4.98 Å². The second-order valence-corrected chi connectivity index (χ2v) is 8.86. The van der Waals surface area contributed by atoms with Crippen molar-refractivity contribution in [3.63, 3.8) is 0 Å². The molecule has 2 aromatic rings. The van der Waals surface area contributed by atoms with Gasteiger partial charge in [-0.05, 0) is 38.1 Å². The van der Waals surface area contributed by atoms with E-state index < -0.39 is 10.0 Å². The number of sulfonamides is 1. The van der Waals surface area contributed by atoms with Gasteiger partial charge in [-0.25, -0.2) is 13.4 Å². The molecule has 0 saturated carbocycles. The minimum atomic E-state index is -3.58. The van der Waals surface area contributed by atoms with Crippen molar-refractivity contribution < 1.29 is 17.9 Å². The topological polar surface area (TPSA) is 79.8 Å². The SMILES string of the molecule is CC(C)Oc1ccc(S(=O)(=O)N2CCN(C(=O)c3cscn3)CC2)cc1. The number of rotatable bonds is 5. The van der Waals surface area contributed by atoms with E-state index in [-0.39, 0.29) is 30.0 Å². The molecule has 0 aliphatic carbocycles. The summed E-state index contributed by atoms with van der Waals surface area (Å²) in [6.07, 6.45) is 0.0285. The second-order valence-electron chi connectivity index (χ2n) is 6.21. The van der Waals surface area contributed by atoms with Gasteiger partial charge in [-0.2, -0.15) is 4.31 Å². The molecule has 1 saturated heterocycles. The van der Waals surface area contributed by atoms with E-state index in [1.807, 2.05) is 13.8 Å². The fourth-order valence-electron chi connectivity index (χ4n) is 2.72. The maximum atomic E-state index is 12.8. The van der Waals surface area contributed by atoms with Crippen molar-refractivity contribution in [3.8, 4) is 5.75 Å². The van der Waals surface area contributed by atoms with Crippen molar-refractivity contribution in [1.29, 1.82) is 0 Å². The van der Waals surface area contributed by atoms with Crippen molar-refractivity contribution in [2.24, 2.45) is 0 Å². The fourth-order valence-corrected chi connectivity index (χ4v) is 4.67. The number of ether oxygens (including phenoxy) is 1. The van der Waals surface area contributed by atoms with Crippen LogP contribution in [0.25, 0.3) is 0 Å². The monoisotopic (exact) mass is 395 g/mol. The number of hydrogen-bond acceptors (Lipinski definition) is 6. The van der Waals surface area contributed by atoms with E-state index in [4.69, 9.17) is 4.74 Å². The van der Waals surface area contributed by atoms with E-state index in [0.717, 1.165) is 0 Å². The quantitative estimate of drug-likeness (QED) is 0.774. The first-order valence-corrected chi connectivity index (χ1v) is 10.7. The van der Waals surface area contributed by atoms with Gasteiger partial charge >= 0.3 is 0 Å². The first kappa shape index (κ1) is 18.8. The van der Waals surface area contributed by atoms with Gasteiger partial charge in [0, 0.05) is 31.6 Å². The maximum Gasteiger partial charge on any atom is 0.273 e. The second kappa shape index (κ2) is 7.73. The maximum absolute atomic E-state index is 12.8. The number of carbonyl (C=O) groups is 1. The summed E-state index contributed by atoms with van der Waals surface area (Å²) in [4.78, 5) is 18.2. The molecule has 1 aromatic heterocycles. The number of piperazine rings is 1. The van der Waals surface area contributed by atoms with Gasteiger partial charge in [-0.15, -0.1) is 11.3 Å². The Balaban J connectivity index is 1.65. The van der Waals surface area contributed by atoms with Gasteiger partial charge in [0.1, 0.15) is 11.4 Å². The minimum absolute atomic E-state index is 0.0285. The van der Waals surface area contributed by atoms with Crippen LogP contribution in [0.3, 0.4) is 0 Å². The lowest BCUT2D eigenvalue weighted by Crippen LogP contribution is -2.50. The van der Waals surface area contributed by atoms with Crippen molar-refractivity contribution in [2.45, 2.75) is 24.8 Å². The third-order valence-corrected chi connectivity index (χ3v) is 6.51. The highest BCUT2D eigenvalue weighted by atomic mass is 32.2. The highest BCUT2D eigenvalue weighted by Crippen LogP contribution is 2.22. The summed E-state index contributed by atoms with van der Waals surface area (Å²) in [6.45, 7) is 5.06. The average molecular weight is 396 g/mol. The van der Waals surface area contributed by atoms with Gasteiger partial charge in [-0.1, -0.05) is 0 Å². The highest BCUT2D eigenvalue weighted by Gasteiger charge is 2.30. The van der Waals surface area contributed by atoms with Crippen LogP contribution in [-0.2, 0) is 10.0 Å². The fraction of sp³-hybridized carbons (Fsp3) is 0.412. The lowest BCUT2D eigenvalue weighted by Gasteiger charge is -2.33. The van der Waals surface area contributed by atoms with E-state index in [9.17, 15) is 13.2 Å². The minimum Gasteiger partial charge on any atom is -0.491 e. The predicted octanol–water partition coefficient (Wildman–Crippen LogP) is 2.08. The Morgan fingerprint density at radius 1 is 1.15 bits per heavy atom. The van der Waals surface area contributed by atoms with Crippen molar-refractivity contribution >= 4 is 27.3 Å². The molecular weight excluding hydrogens is 374 g/mol. The Morgan fingerprint density at radius 2 is 1.81 bits per heavy atom. The number of aromatic nitrogens is 1. The van der Waals surface area contributed by atoms with Gasteiger partial charge in [0.25, 0.3) is 5.91 Å². The summed E-state index contributed by atoms with van der Waals surface area (Å²) in [5.74, 6) is 0.483. The highest BCUT2D eigenvalue weighted by molar-refractivity contribution is 7.89. The molecule has 1 aliphatic rings. The molecule has 1 aliphatic heterocycles. The summed E-state index contributed by atoms with van der Waals surface area (Å²) < 4.78 is 32.6. The number of thiazole rings is 1. The molecular formula is C17H21N3O4S2. The zero-order valence-electron chi connectivity index (χ0n) is 14.7. The average Bonchev–Trinajstić information content (AvgIpc) is 3.16. The molecule has 9 heteroatoms. The Morgan fingerprint density at radius 3 is 2.35 bits per heavy atom. The Bertz CT molecular complexity index is 841. The molecule has 26 heavy (non-hydrogen) atoms. The Labute approximate surface area is 157 Å². The molecule has 1 aromatic carbocycles. The first-order valence-electron chi connectivity index (χ1n) is 8.32. The standard InChI is InChI=1S/C17H21N3O4S2/c1-13(2)24-14-3-5-15(6-4-14)26(22,23)20-9-7-19(8-10-20)17(21)16-11-25-12-18-16/h3-6,11-13H,7-10H2,1-2H3. The molecule has 2 heterocycles. The predicted molar refractivity (Wildman–Crippen MR) is 99.0 cm³/mol. The molecule has 0 N–H and O–H groups in total. The molecule has 140 valence electrons. The number of carbonyl (C=O) groups excluding carboxylic acids is 1. The number of amides is 1. The third kappa shape index (κ3) is 4.05. The number of hydrogen-bond donors (Lipinski definition) is 0. The van der Waals surface area contributed by atoms with E-state index in [1.54, 1.807) is 40.1 Å². The molecule has 1 amide bonds. The van der Waals surface area contributed by atoms with Crippen LogP contribution in [0.4, 0.5) is 0 Å². The van der Waals surface area contributed by atoms with E-state index in [1.165, 1.54) is 15.6 Å². The zero-order valence-corrected chi connectivity index (χ0v) is 16.3. The van der Waals surface area contributed by atoms with Crippen LogP contribution in [0, 0.1) is 0 Å². The van der Waals surface area contributed by atoms with Gasteiger partial charge in [0.05, 0.1) is 16.5 Å². The van der Waals surface area contributed by atoms with Crippen LogP contribution < -0.4 is 4.74 Å². The molecule has 0 radical (unpaired) electrons. The summed E-state index contributed by atoms with van der Waals surface area (Å²) >= 11 is 1.36. The number of nitrogens with zero attached hydrogens (tertiary/aromatic N) is 3. The zero-order chi connectivity index (χ0) is 18.7. The summed E-state index contributed by atoms with van der Waals surface area (Å²) in [6, 6.07) is 6.43. The van der Waals surface area contributed by atoms with Crippen LogP contribution in [0.1, 0.15) is 24.3 Å². The van der Waals surface area contributed by atoms with Crippen LogP contribution in [0.15, 0.2) is 40.1 Å². The van der Waals surface area contributed by atoms with Crippen LogP contribution >= 0.6 is 11.3 Å². The Hall–Kier alpha value is -1.97. The van der Waals surface area contributed by atoms with E-state index in [0.29, 0.717) is 24.5 Å². The molecule has 3 rings (SSSR count). The molecule has 0 atom stereocenters. The normalized spacial score (nSPS) is 16.0. The smallest absolute Gasteiger partial charge is 0.273 e. The van der Waals surface area contributed by atoms with Gasteiger partial charge in [-0.3, -0.25) is 4.79 Å². The van der Waals surface area contributed by atoms with Crippen molar-refractivity contribution in [2.75, 3.05) is 26.2 Å². The van der Waals surface area contributed by atoms with Crippen LogP contribution in [-0.4, -0.2) is 60.8 Å². The third-order valence-electron chi connectivity index (χ3n) is 4.01. The van der Waals surface area contributed by atoms with Crippen molar-refractivity contribution in [3.05, 3.63) is 40.8 Å². The van der Waals surface area contributed by atoms with Gasteiger partial charge < -0.3 is 9.64 Å². The van der Waals surface area contributed by atoms with Crippen LogP contribution in [0.2, 0.25) is 0 Å². The van der Waals surface area contributed by atoms with E-state index >= 15 is 0 Å². The lowest BCUT2D eigenvalue weighted by molar-refractivity contribution is 0.0693. The molecule has 0 spiro atoms. The Kier molecular flexibility index (Phi) is 5.59. The molecule has 0 bridgehead atoms. The molecule has 7 nitrogen and oxygen atoms in total.